The van der Waals surface area contributed by atoms with Gasteiger partial charge in [0, 0.05) is 32.3 Å². The summed E-state index contributed by atoms with van der Waals surface area (Å²) in [5, 5.41) is 11.5. The molecule has 0 saturated carbocycles. The molecule has 1 atom stereocenters. The van der Waals surface area contributed by atoms with E-state index < -0.39 is 5.97 Å². The number of nitrogens with zero attached hydrogens (tertiary/aromatic N) is 1. The van der Waals surface area contributed by atoms with Crippen LogP contribution in [0.1, 0.15) is 35.2 Å². The molecule has 1 aliphatic heterocycles. The highest BCUT2D eigenvalue weighted by atomic mass is 16.5. The van der Waals surface area contributed by atoms with Crippen molar-refractivity contribution in [2.24, 2.45) is 0 Å². The first-order valence-electron chi connectivity index (χ1n) is 7.93. The molecule has 7 nitrogen and oxygen atoms in total. The highest BCUT2D eigenvalue weighted by Crippen LogP contribution is 2.12. The SMILES string of the molecule is CN(CCC(=O)O)C(=O)c1ccc(CNC(=O)[C@@H]2CCCO2)cc1. The van der Waals surface area contributed by atoms with Crippen LogP contribution in [0.5, 0.6) is 0 Å². The monoisotopic (exact) mass is 334 g/mol. The maximum Gasteiger partial charge on any atom is 0.305 e. The molecule has 2 amide bonds. The van der Waals surface area contributed by atoms with Crippen LogP contribution in [-0.4, -0.2) is 54.1 Å². The van der Waals surface area contributed by atoms with Crippen LogP contribution in [0.25, 0.3) is 0 Å². The molecule has 1 fully saturated rings. The summed E-state index contributed by atoms with van der Waals surface area (Å²) in [4.78, 5) is 35.9. The van der Waals surface area contributed by atoms with Gasteiger partial charge in [-0.2, -0.15) is 0 Å². The van der Waals surface area contributed by atoms with Crippen molar-refractivity contribution in [3.8, 4) is 0 Å². The normalized spacial score (nSPS) is 16.6. The summed E-state index contributed by atoms with van der Waals surface area (Å²) in [5.41, 5.74) is 1.36. The highest BCUT2D eigenvalue weighted by Gasteiger charge is 2.23. The molecule has 1 aromatic rings. The molecule has 24 heavy (non-hydrogen) atoms. The second-order valence-corrected chi connectivity index (χ2v) is 5.79. The summed E-state index contributed by atoms with van der Waals surface area (Å²) in [5.74, 6) is -1.28. The molecule has 0 bridgehead atoms. The van der Waals surface area contributed by atoms with E-state index in [-0.39, 0.29) is 30.9 Å². The Morgan fingerprint density at radius 3 is 2.58 bits per heavy atom. The molecule has 0 unspecified atom stereocenters. The number of ether oxygens (including phenoxy) is 1. The predicted octanol–water partition coefficient (Wildman–Crippen LogP) is 1.03. The van der Waals surface area contributed by atoms with Gasteiger partial charge in [0.1, 0.15) is 6.10 Å². The van der Waals surface area contributed by atoms with Gasteiger partial charge >= 0.3 is 5.97 Å². The average Bonchev–Trinajstić information content (AvgIpc) is 3.12. The number of hydrogen-bond acceptors (Lipinski definition) is 4. The zero-order valence-electron chi connectivity index (χ0n) is 13.7. The number of nitrogens with one attached hydrogen (secondary N) is 1. The third kappa shape index (κ3) is 5.06. The molecule has 1 heterocycles. The quantitative estimate of drug-likeness (QED) is 0.776. The zero-order chi connectivity index (χ0) is 17.5. The first-order valence-corrected chi connectivity index (χ1v) is 7.93. The van der Waals surface area contributed by atoms with Crippen molar-refractivity contribution >= 4 is 17.8 Å². The molecule has 0 aliphatic carbocycles. The van der Waals surface area contributed by atoms with Gasteiger partial charge in [-0.05, 0) is 30.5 Å². The molecule has 1 aliphatic rings. The average molecular weight is 334 g/mol. The third-order valence-corrected chi connectivity index (χ3v) is 3.90. The molecular weight excluding hydrogens is 312 g/mol. The zero-order valence-corrected chi connectivity index (χ0v) is 13.7. The largest absolute Gasteiger partial charge is 0.481 e. The summed E-state index contributed by atoms with van der Waals surface area (Å²) in [7, 11) is 1.57. The molecule has 2 rings (SSSR count). The molecule has 130 valence electrons. The Kier molecular flexibility index (Phi) is 6.31. The first-order chi connectivity index (χ1) is 11.5. The minimum Gasteiger partial charge on any atom is -0.481 e. The molecule has 0 spiro atoms. The van der Waals surface area contributed by atoms with Gasteiger partial charge < -0.3 is 20.1 Å². The van der Waals surface area contributed by atoms with Crippen LogP contribution in [0.2, 0.25) is 0 Å². The van der Waals surface area contributed by atoms with Crippen molar-refractivity contribution in [1.29, 1.82) is 0 Å². The van der Waals surface area contributed by atoms with Gasteiger partial charge in [-0.3, -0.25) is 14.4 Å². The Bertz CT molecular complexity index is 594. The smallest absolute Gasteiger partial charge is 0.305 e. The molecule has 1 aromatic carbocycles. The fourth-order valence-electron chi connectivity index (χ4n) is 2.44. The van der Waals surface area contributed by atoms with Crippen molar-refractivity contribution in [3.63, 3.8) is 0 Å². The topological polar surface area (TPSA) is 95.9 Å². The number of carbonyl (C=O) groups excluding carboxylic acids is 2. The summed E-state index contributed by atoms with van der Waals surface area (Å²) in [6, 6.07) is 6.89. The van der Waals surface area contributed by atoms with E-state index in [2.05, 4.69) is 5.32 Å². The number of rotatable bonds is 7. The van der Waals surface area contributed by atoms with E-state index >= 15 is 0 Å². The molecule has 1 saturated heterocycles. The summed E-state index contributed by atoms with van der Waals surface area (Å²) in [6.45, 7) is 1.17. The number of hydrogen-bond donors (Lipinski definition) is 2. The van der Waals surface area contributed by atoms with E-state index in [0.29, 0.717) is 18.7 Å². The third-order valence-electron chi connectivity index (χ3n) is 3.90. The number of aliphatic carboxylic acids is 1. The number of carbonyl (C=O) groups is 3. The Balaban J connectivity index is 1.84. The van der Waals surface area contributed by atoms with E-state index in [1.807, 2.05) is 0 Å². The second kappa shape index (κ2) is 8.44. The lowest BCUT2D eigenvalue weighted by molar-refractivity contribution is -0.137. The summed E-state index contributed by atoms with van der Waals surface area (Å²) < 4.78 is 5.32. The Morgan fingerprint density at radius 1 is 1.29 bits per heavy atom. The van der Waals surface area contributed by atoms with E-state index in [1.165, 1.54) is 4.90 Å². The van der Waals surface area contributed by atoms with Gasteiger partial charge in [0.15, 0.2) is 0 Å². The van der Waals surface area contributed by atoms with Crippen LogP contribution in [0.15, 0.2) is 24.3 Å². The van der Waals surface area contributed by atoms with Crippen LogP contribution in [0.4, 0.5) is 0 Å². The van der Waals surface area contributed by atoms with Crippen LogP contribution < -0.4 is 5.32 Å². The maximum atomic E-state index is 12.2. The molecule has 2 N–H and O–H groups in total. The van der Waals surface area contributed by atoms with Crippen molar-refractivity contribution < 1.29 is 24.2 Å². The number of amides is 2. The molecule has 0 aromatic heterocycles. The summed E-state index contributed by atoms with van der Waals surface area (Å²) >= 11 is 0. The highest BCUT2D eigenvalue weighted by molar-refractivity contribution is 5.94. The molecular formula is C17H22N2O5. The van der Waals surface area contributed by atoms with Crippen LogP contribution >= 0.6 is 0 Å². The van der Waals surface area contributed by atoms with Gasteiger partial charge in [-0.15, -0.1) is 0 Å². The fraction of sp³-hybridized carbons (Fsp3) is 0.471. The van der Waals surface area contributed by atoms with Gasteiger partial charge in [0.25, 0.3) is 5.91 Å². The van der Waals surface area contributed by atoms with Gasteiger partial charge in [0.2, 0.25) is 5.91 Å². The Hall–Kier alpha value is -2.41. The fourth-order valence-corrected chi connectivity index (χ4v) is 2.44. The van der Waals surface area contributed by atoms with Crippen LogP contribution in [0.3, 0.4) is 0 Å². The van der Waals surface area contributed by atoms with Crippen molar-refractivity contribution in [3.05, 3.63) is 35.4 Å². The van der Waals surface area contributed by atoms with Crippen LogP contribution in [0, 0.1) is 0 Å². The minimum absolute atomic E-state index is 0.0877. The lowest BCUT2D eigenvalue weighted by Crippen LogP contribution is -2.33. The lowest BCUT2D eigenvalue weighted by atomic mass is 10.1. The molecule has 7 heteroatoms. The number of carboxylic acid groups (broad SMARTS) is 1. The first kappa shape index (κ1) is 17.9. The minimum atomic E-state index is -0.938. The lowest BCUT2D eigenvalue weighted by Gasteiger charge is -2.16. The van der Waals surface area contributed by atoms with Crippen molar-refractivity contribution in [2.75, 3.05) is 20.2 Å². The second-order valence-electron chi connectivity index (χ2n) is 5.79. The van der Waals surface area contributed by atoms with E-state index in [9.17, 15) is 14.4 Å². The van der Waals surface area contributed by atoms with E-state index in [1.54, 1.807) is 31.3 Å². The van der Waals surface area contributed by atoms with E-state index in [4.69, 9.17) is 9.84 Å². The van der Waals surface area contributed by atoms with Crippen LogP contribution in [-0.2, 0) is 20.9 Å². The predicted molar refractivity (Wildman–Crippen MR) is 86.5 cm³/mol. The van der Waals surface area contributed by atoms with Gasteiger partial charge in [-0.25, -0.2) is 0 Å². The maximum absolute atomic E-state index is 12.2. The molecule has 0 radical (unpaired) electrons. The Labute approximate surface area is 140 Å². The van der Waals surface area contributed by atoms with Crippen molar-refractivity contribution in [2.45, 2.75) is 31.9 Å². The van der Waals surface area contributed by atoms with Gasteiger partial charge in [0.05, 0.1) is 6.42 Å². The number of carboxylic acids is 1. The van der Waals surface area contributed by atoms with E-state index in [0.717, 1.165) is 18.4 Å². The standard InChI is InChI=1S/C17H22N2O5/c1-19(9-8-15(20)21)17(23)13-6-4-12(5-7-13)11-18-16(22)14-3-2-10-24-14/h4-7,14H,2-3,8-11H2,1H3,(H,18,22)(H,20,21)/t14-/m0/s1. The summed E-state index contributed by atoms with van der Waals surface area (Å²) in [6.07, 6.45) is 1.22. The number of benzene rings is 1. The Morgan fingerprint density at radius 2 is 2.00 bits per heavy atom. The van der Waals surface area contributed by atoms with Gasteiger partial charge in [-0.1, -0.05) is 12.1 Å². The van der Waals surface area contributed by atoms with Crippen molar-refractivity contribution in [1.82, 2.24) is 10.2 Å².